The lowest BCUT2D eigenvalue weighted by molar-refractivity contribution is 0.176. The summed E-state index contributed by atoms with van der Waals surface area (Å²) in [5, 5.41) is 11.6. The summed E-state index contributed by atoms with van der Waals surface area (Å²) in [5.74, 6) is 0.734. The number of aliphatic hydroxyl groups is 1. The van der Waals surface area contributed by atoms with E-state index < -0.39 is 6.10 Å². The van der Waals surface area contributed by atoms with Gasteiger partial charge in [0.15, 0.2) is 0 Å². The fourth-order valence-corrected chi connectivity index (χ4v) is 5.05. The molecule has 1 aliphatic heterocycles. The van der Waals surface area contributed by atoms with Gasteiger partial charge in [0, 0.05) is 27.9 Å². The van der Waals surface area contributed by atoms with Crippen LogP contribution < -0.4 is 0 Å². The van der Waals surface area contributed by atoms with E-state index in [4.69, 9.17) is 0 Å². The Morgan fingerprint density at radius 2 is 2.06 bits per heavy atom. The van der Waals surface area contributed by atoms with E-state index in [1.165, 1.54) is 6.07 Å². The summed E-state index contributed by atoms with van der Waals surface area (Å²) < 4.78 is 13.5. The van der Waals surface area contributed by atoms with Crippen LogP contribution in [0.4, 0.5) is 4.39 Å². The molecule has 1 N–H and O–H groups in total. The van der Waals surface area contributed by atoms with Gasteiger partial charge in [-0.3, -0.25) is 0 Å². The number of hydrogen-bond donors (Lipinski definition) is 1. The zero-order valence-electron chi connectivity index (χ0n) is 10.7. The molecule has 0 radical (unpaired) electrons. The van der Waals surface area contributed by atoms with Crippen LogP contribution in [0, 0.1) is 5.82 Å². The van der Waals surface area contributed by atoms with Crippen molar-refractivity contribution in [3.63, 3.8) is 0 Å². The largest absolute Gasteiger partial charge is 0.392 e. The van der Waals surface area contributed by atoms with Gasteiger partial charge in [0.1, 0.15) is 5.82 Å². The topological polar surface area (TPSA) is 20.2 Å². The van der Waals surface area contributed by atoms with Gasteiger partial charge in [-0.1, -0.05) is 32.0 Å². The van der Waals surface area contributed by atoms with E-state index in [0.717, 1.165) is 5.75 Å². The molecule has 2 rings (SSSR count). The third kappa shape index (κ3) is 3.43. The van der Waals surface area contributed by atoms with E-state index in [0.29, 0.717) is 22.5 Å². The van der Waals surface area contributed by atoms with Crippen LogP contribution in [0.1, 0.15) is 19.4 Å². The van der Waals surface area contributed by atoms with Crippen LogP contribution in [0.15, 0.2) is 24.3 Å². The minimum absolute atomic E-state index is 0.209. The number of benzene rings is 1. The molecule has 0 amide bonds. The maximum atomic E-state index is 13.5. The Kier molecular flexibility index (Phi) is 4.98. The van der Waals surface area contributed by atoms with Crippen LogP contribution in [-0.4, -0.2) is 32.7 Å². The van der Waals surface area contributed by atoms with Gasteiger partial charge in [0.25, 0.3) is 0 Å². The molecule has 100 valence electrons. The van der Waals surface area contributed by atoms with E-state index in [-0.39, 0.29) is 11.1 Å². The maximum Gasteiger partial charge on any atom is 0.126 e. The SMILES string of the molecule is CC1SCC(C(O)Cc2ccccc2F)SC1C. The first-order valence-electron chi connectivity index (χ1n) is 6.26. The molecule has 1 aromatic rings. The Hall–Kier alpha value is -0.190. The van der Waals surface area contributed by atoms with Crippen LogP contribution in [-0.2, 0) is 6.42 Å². The molecule has 0 saturated carbocycles. The predicted octanol–water partition coefficient (Wildman–Crippen LogP) is 3.35. The van der Waals surface area contributed by atoms with Crippen molar-refractivity contribution < 1.29 is 9.50 Å². The zero-order valence-corrected chi connectivity index (χ0v) is 12.3. The average molecular weight is 286 g/mol. The van der Waals surface area contributed by atoms with E-state index in [9.17, 15) is 9.50 Å². The highest BCUT2D eigenvalue weighted by Gasteiger charge is 2.30. The molecular formula is C14H19FOS2. The molecule has 1 aromatic carbocycles. The summed E-state index contributed by atoms with van der Waals surface area (Å²) >= 11 is 3.74. The van der Waals surface area contributed by atoms with Gasteiger partial charge in [-0.25, -0.2) is 4.39 Å². The number of aliphatic hydroxyl groups excluding tert-OH is 1. The fourth-order valence-electron chi connectivity index (χ4n) is 2.03. The number of halogens is 1. The summed E-state index contributed by atoms with van der Waals surface area (Å²) in [4.78, 5) is 0. The smallest absolute Gasteiger partial charge is 0.126 e. The highest BCUT2D eigenvalue weighted by Crippen LogP contribution is 2.37. The molecule has 0 spiro atoms. The van der Waals surface area contributed by atoms with Gasteiger partial charge in [-0.2, -0.15) is 23.5 Å². The molecule has 1 heterocycles. The molecule has 1 saturated heterocycles. The molecule has 1 fully saturated rings. The van der Waals surface area contributed by atoms with Gasteiger partial charge in [0.05, 0.1) is 6.10 Å². The second-order valence-corrected chi connectivity index (χ2v) is 7.81. The minimum atomic E-state index is -0.464. The Labute approximate surface area is 117 Å². The first kappa shape index (κ1) is 14.2. The third-order valence-electron chi connectivity index (χ3n) is 3.39. The van der Waals surface area contributed by atoms with E-state index in [2.05, 4.69) is 13.8 Å². The maximum absolute atomic E-state index is 13.5. The molecule has 0 bridgehead atoms. The third-order valence-corrected chi connectivity index (χ3v) is 6.93. The first-order chi connectivity index (χ1) is 8.58. The minimum Gasteiger partial charge on any atom is -0.392 e. The highest BCUT2D eigenvalue weighted by atomic mass is 32.2. The second kappa shape index (κ2) is 6.31. The fraction of sp³-hybridized carbons (Fsp3) is 0.571. The summed E-state index contributed by atoms with van der Waals surface area (Å²) in [7, 11) is 0. The van der Waals surface area contributed by atoms with Gasteiger partial charge < -0.3 is 5.11 Å². The molecule has 4 atom stereocenters. The molecule has 4 unspecified atom stereocenters. The lowest BCUT2D eigenvalue weighted by atomic mass is 10.1. The molecule has 1 aliphatic rings. The zero-order chi connectivity index (χ0) is 13.1. The summed E-state index contributed by atoms with van der Waals surface area (Å²) in [5.41, 5.74) is 0.613. The molecule has 18 heavy (non-hydrogen) atoms. The normalized spacial score (nSPS) is 30.1. The molecule has 0 aliphatic carbocycles. The van der Waals surface area contributed by atoms with E-state index in [1.54, 1.807) is 12.1 Å². The molecule has 1 nitrogen and oxygen atoms in total. The van der Waals surface area contributed by atoms with Crippen LogP contribution in [0.2, 0.25) is 0 Å². The van der Waals surface area contributed by atoms with Crippen LogP contribution in [0.3, 0.4) is 0 Å². The average Bonchev–Trinajstić information content (AvgIpc) is 2.35. The first-order valence-corrected chi connectivity index (χ1v) is 8.25. The monoisotopic (exact) mass is 286 g/mol. The molecular weight excluding hydrogens is 267 g/mol. The predicted molar refractivity (Wildman–Crippen MR) is 78.9 cm³/mol. The van der Waals surface area contributed by atoms with Crippen molar-refractivity contribution in [1.82, 2.24) is 0 Å². The van der Waals surface area contributed by atoms with Crippen molar-refractivity contribution in [2.24, 2.45) is 0 Å². The summed E-state index contributed by atoms with van der Waals surface area (Å²) in [6.45, 7) is 4.42. The highest BCUT2D eigenvalue weighted by molar-refractivity contribution is 8.07. The Morgan fingerprint density at radius 3 is 2.72 bits per heavy atom. The molecule has 4 heteroatoms. The molecule has 0 aromatic heterocycles. The summed E-state index contributed by atoms with van der Waals surface area (Å²) in [6.07, 6.45) is -0.0548. The van der Waals surface area contributed by atoms with Gasteiger partial charge in [-0.05, 0) is 11.6 Å². The van der Waals surface area contributed by atoms with Crippen LogP contribution in [0.5, 0.6) is 0 Å². The number of hydrogen-bond acceptors (Lipinski definition) is 3. The second-order valence-electron chi connectivity index (χ2n) is 4.78. The van der Waals surface area contributed by atoms with Crippen molar-refractivity contribution in [2.45, 2.75) is 42.1 Å². The van der Waals surface area contributed by atoms with Crippen molar-refractivity contribution in [3.8, 4) is 0 Å². The van der Waals surface area contributed by atoms with Crippen molar-refractivity contribution in [2.75, 3.05) is 5.75 Å². The number of thioether (sulfide) groups is 2. The lowest BCUT2D eigenvalue weighted by Gasteiger charge is -2.33. The van der Waals surface area contributed by atoms with Gasteiger partial charge >= 0.3 is 0 Å². The van der Waals surface area contributed by atoms with Crippen molar-refractivity contribution in [3.05, 3.63) is 35.6 Å². The lowest BCUT2D eigenvalue weighted by Crippen LogP contribution is -2.35. The van der Waals surface area contributed by atoms with Crippen molar-refractivity contribution in [1.29, 1.82) is 0 Å². The summed E-state index contributed by atoms with van der Waals surface area (Å²) in [6, 6.07) is 6.71. The Bertz CT molecular complexity index is 399. The Balaban J connectivity index is 1.96. The van der Waals surface area contributed by atoms with E-state index >= 15 is 0 Å². The van der Waals surface area contributed by atoms with Crippen molar-refractivity contribution >= 4 is 23.5 Å². The standard InChI is InChI=1S/C14H19FOS2/c1-9-10(2)18-14(8-17-9)13(16)7-11-5-3-4-6-12(11)15/h3-6,9-10,13-14,16H,7-8H2,1-2H3. The van der Waals surface area contributed by atoms with E-state index in [1.807, 2.05) is 29.6 Å². The van der Waals surface area contributed by atoms with Crippen LogP contribution in [0.25, 0.3) is 0 Å². The Morgan fingerprint density at radius 1 is 1.33 bits per heavy atom. The van der Waals surface area contributed by atoms with Gasteiger partial charge in [-0.15, -0.1) is 0 Å². The van der Waals surface area contributed by atoms with Gasteiger partial charge in [0.2, 0.25) is 0 Å². The van der Waals surface area contributed by atoms with Crippen LogP contribution >= 0.6 is 23.5 Å². The quantitative estimate of drug-likeness (QED) is 0.920. The number of rotatable bonds is 3.